The molecule has 0 aliphatic carbocycles. The second-order valence-corrected chi connectivity index (χ2v) is 5.23. The molecule has 90 valence electrons. The molecule has 1 aromatic carbocycles. The first kappa shape index (κ1) is 12.4. The second-order valence-electron chi connectivity index (χ2n) is 4.15. The lowest BCUT2D eigenvalue weighted by molar-refractivity contribution is 0.531. The van der Waals surface area contributed by atoms with Crippen LogP contribution in [0.4, 0.5) is 0 Å². The Bertz CT molecular complexity index is 481. The molecule has 1 aromatic rings. The van der Waals surface area contributed by atoms with E-state index in [1.54, 1.807) is 0 Å². The van der Waals surface area contributed by atoms with Gasteiger partial charge in [0.15, 0.2) is 5.96 Å². The molecule has 0 saturated heterocycles. The van der Waals surface area contributed by atoms with E-state index in [-0.39, 0.29) is 0 Å². The standard InChI is InChI=1S/C12H15IN4/c1-8-10(13)12(15,17-11(14)16-8)7-9-5-3-2-4-6-9/h2-6H,7,15H2,1H3,(H3,14,16,17). The molecular weight excluding hydrogens is 327 g/mol. The zero-order valence-corrected chi connectivity index (χ0v) is 11.7. The summed E-state index contributed by atoms with van der Waals surface area (Å²) < 4.78 is 0.994. The van der Waals surface area contributed by atoms with E-state index < -0.39 is 5.66 Å². The van der Waals surface area contributed by atoms with Gasteiger partial charge in [-0.1, -0.05) is 30.3 Å². The van der Waals surface area contributed by atoms with Crippen molar-refractivity contribution in [1.82, 2.24) is 5.32 Å². The molecule has 4 nitrogen and oxygen atoms in total. The van der Waals surface area contributed by atoms with E-state index in [1.165, 1.54) is 0 Å². The lowest BCUT2D eigenvalue weighted by atomic mass is 9.99. The van der Waals surface area contributed by atoms with Gasteiger partial charge in [-0.05, 0) is 35.1 Å². The lowest BCUT2D eigenvalue weighted by Crippen LogP contribution is -2.49. The number of nitrogens with zero attached hydrogens (tertiary/aromatic N) is 1. The average Bonchev–Trinajstić information content (AvgIpc) is 2.27. The smallest absolute Gasteiger partial charge is 0.195 e. The third kappa shape index (κ3) is 2.61. The van der Waals surface area contributed by atoms with Crippen LogP contribution in [0.25, 0.3) is 0 Å². The van der Waals surface area contributed by atoms with Crippen LogP contribution >= 0.6 is 22.6 Å². The first-order chi connectivity index (χ1) is 8.01. The average molecular weight is 342 g/mol. The number of benzene rings is 1. The van der Waals surface area contributed by atoms with E-state index in [4.69, 9.17) is 11.5 Å². The van der Waals surface area contributed by atoms with Crippen molar-refractivity contribution in [2.75, 3.05) is 0 Å². The molecule has 0 radical (unpaired) electrons. The van der Waals surface area contributed by atoms with Gasteiger partial charge in [-0.15, -0.1) is 0 Å². The quantitative estimate of drug-likeness (QED) is 0.713. The second kappa shape index (κ2) is 4.66. The van der Waals surface area contributed by atoms with Gasteiger partial charge in [-0.3, -0.25) is 0 Å². The van der Waals surface area contributed by atoms with E-state index in [2.05, 4.69) is 32.9 Å². The van der Waals surface area contributed by atoms with Gasteiger partial charge >= 0.3 is 0 Å². The van der Waals surface area contributed by atoms with Crippen LogP contribution in [0.5, 0.6) is 0 Å². The van der Waals surface area contributed by atoms with Crippen LogP contribution in [-0.4, -0.2) is 11.6 Å². The lowest BCUT2D eigenvalue weighted by Gasteiger charge is -2.31. The summed E-state index contributed by atoms with van der Waals surface area (Å²) in [6, 6.07) is 10.1. The number of guanidine groups is 1. The maximum atomic E-state index is 6.34. The van der Waals surface area contributed by atoms with Crippen molar-refractivity contribution < 1.29 is 0 Å². The van der Waals surface area contributed by atoms with Crippen LogP contribution in [0.1, 0.15) is 12.5 Å². The Morgan fingerprint density at radius 2 is 2.00 bits per heavy atom. The van der Waals surface area contributed by atoms with Gasteiger partial charge in [-0.2, -0.15) is 0 Å². The molecule has 5 heteroatoms. The van der Waals surface area contributed by atoms with E-state index in [9.17, 15) is 0 Å². The van der Waals surface area contributed by atoms with Crippen molar-refractivity contribution in [2.45, 2.75) is 19.0 Å². The summed E-state index contributed by atoms with van der Waals surface area (Å²) in [5.41, 5.74) is 13.4. The number of hydrogen-bond acceptors (Lipinski definition) is 4. The van der Waals surface area contributed by atoms with Gasteiger partial charge in [-0.25, -0.2) is 4.99 Å². The molecule has 2 rings (SSSR count). The highest BCUT2D eigenvalue weighted by Gasteiger charge is 2.33. The van der Waals surface area contributed by atoms with Crippen molar-refractivity contribution in [3.8, 4) is 0 Å². The maximum Gasteiger partial charge on any atom is 0.195 e. The molecule has 0 amide bonds. The van der Waals surface area contributed by atoms with Crippen LogP contribution in [0.3, 0.4) is 0 Å². The summed E-state index contributed by atoms with van der Waals surface area (Å²) in [4.78, 5) is 4.34. The maximum absolute atomic E-state index is 6.34. The van der Waals surface area contributed by atoms with Crippen LogP contribution in [-0.2, 0) is 6.42 Å². The number of allylic oxidation sites excluding steroid dienone is 1. The fourth-order valence-corrected chi connectivity index (χ4v) is 2.33. The molecule has 1 atom stereocenters. The van der Waals surface area contributed by atoms with Gasteiger partial charge < -0.3 is 16.8 Å². The molecule has 0 bridgehead atoms. The van der Waals surface area contributed by atoms with E-state index in [0.717, 1.165) is 14.8 Å². The fraction of sp³-hybridized carbons (Fsp3) is 0.250. The summed E-state index contributed by atoms with van der Waals surface area (Å²) in [6.45, 7) is 1.95. The molecule has 5 N–H and O–H groups in total. The molecule has 1 unspecified atom stereocenters. The molecule has 0 aromatic heterocycles. The number of nitrogens with two attached hydrogens (primary N) is 2. The molecular formula is C12H15IN4. The number of rotatable bonds is 2. The third-order valence-corrected chi connectivity index (χ3v) is 4.40. The van der Waals surface area contributed by atoms with Crippen molar-refractivity contribution in [2.24, 2.45) is 16.5 Å². The summed E-state index contributed by atoms with van der Waals surface area (Å²) in [7, 11) is 0. The predicted octanol–water partition coefficient (Wildman–Crippen LogP) is 1.47. The predicted molar refractivity (Wildman–Crippen MR) is 78.5 cm³/mol. The van der Waals surface area contributed by atoms with Gasteiger partial charge in [0.05, 0.1) is 3.58 Å². The SMILES string of the molecule is CC1=C(I)C(N)(Cc2ccccc2)N=C(N)N1. The van der Waals surface area contributed by atoms with E-state index >= 15 is 0 Å². The number of hydrogen-bond donors (Lipinski definition) is 3. The Hall–Kier alpha value is -1.08. The van der Waals surface area contributed by atoms with Crippen molar-refractivity contribution in [3.63, 3.8) is 0 Å². The first-order valence-corrected chi connectivity index (χ1v) is 6.41. The number of aliphatic imine (C=N–C) groups is 1. The van der Waals surface area contributed by atoms with E-state index in [1.807, 2.05) is 37.3 Å². The summed E-state index contributed by atoms with van der Waals surface area (Å²) in [5, 5.41) is 2.99. The zero-order chi connectivity index (χ0) is 12.5. The highest BCUT2D eigenvalue weighted by atomic mass is 127. The van der Waals surface area contributed by atoms with Gasteiger partial charge in [0.1, 0.15) is 5.66 Å². The Morgan fingerprint density at radius 1 is 1.35 bits per heavy atom. The Balaban J connectivity index is 2.32. The molecule has 0 saturated carbocycles. The Morgan fingerprint density at radius 3 is 2.65 bits per heavy atom. The Labute approximate surface area is 114 Å². The van der Waals surface area contributed by atoms with Crippen LogP contribution in [0.15, 0.2) is 44.6 Å². The molecule has 0 fully saturated rings. The molecule has 0 spiro atoms. The number of nitrogens with one attached hydrogen (secondary N) is 1. The molecule has 1 aliphatic rings. The normalized spacial score (nSPS) is 24.3. The van der Waals surface area contributed by atoms with Gasteiger partial charge in [0.2, 0.25) is 0 Å². The summed E-state index contributed by atoms with van der Waals surface area (Å²) in [6.07, 6.45) is 0.645. The minimum atomic E-state index is -0.749. The van der Waals surface area contributed by atoms with Crippen molar-refractivity contribution in [1.29, 1.82) is 0 Å². The van der Waals surface area contributed by atoms with Crippen LogP contribution < -0.4 is 16.8 Å². The van der Waals surface area contributed by atoms with Crippen LogP contribution in [0, 0.1) is 0 Å². The highest BCUT2D eigenvalue weighted by Crippen LogP contribution is 2.30. The van der Waals surface area contributed by atoms with Gasteiger partial charge in [0, 0.05) is 12.1 Å². The summed E-state index contributed by atoms with van der Waals surface area (Å²) >= 11 is 2.23. The van der Waals surface area contributed by atoms with E-state index in [0.29, 0.717) is 12.4 Å². The zero-order valence-electron chi connectivity index (χ0n) is 9.57. The van der Waals surface area contributed by atoms with Crippen LogP contribution in [0.2, 0.25) is 0 Å². The van der Waals surface area contributed by atoms with Gasteiger partial charge in [0.25, 0.3) is 0 Å². The molecule has 1 heterocycles. The summed E-state index contributed by atoms with van der Waals surface area (Å²) in [5.74, 6) is 0.376. The minimum Gasteiger partial charge on any atom is -0.370 e. The first-order valence-electron chi connectivity index (χ1n) is 5.33. The molecule has 1 aliphatic heterocycles. The van der Waals surface area contributed by atoms with Crippen molar-refractivity contribution in [3.05, 3.63) is 45.2 Å². The third-order valence-electron chi connectivity index (χ3n) is 2.66. The number of halogens is 1. The largest absolute Gasteiger partial charge is 0.370 e. The highest BCUT2D eigenvalue weighted by molar-refractivity contribution is 14.1. The Kier molecular flexibility index (Phi) is 3.39. The monoisotopic (exact) mass is 342 g/mol. The van der Waals surface area contributed by atoms with Crippen molar-refractivity contribution >= 4 is 28.6 Å². The minimum absolute atomic E-state index is 0.376. The molecule has 17 heavy (non-hydrogen) atoms. The topological polar surface area (TPSA) is 76.4 Å². The fourth-order valence-electron chi connectivity index (χ4n) is 1.89.